The molecule has 1 aliphatic rings. The molecule has 0 N–H and O–H groups in total. The number of hydrogen-bond donors (Lipinski definition) is 0. The van der Waals surface area contributed by atoms with E-state index in [0.717, 1.165) is 17.1 Å². The van der Waals surface area contributed by atoms with Crippen LogP contribution in [0.15, 0.2) is 64.7 Å². The Morgan fingerprint density at radius 2 is 1.75 bits per heavy atom. The first kappa shape index (κ1) is 16.1. The standard InChI is InChI=1S/C20H21N3O/c1-14(2)16-9-11-17(12-10-16)21-13-19-15(3)22-23(20(19)24)18-7-5-4-6-8-18/h4-14,19H,1-3H3/t19-/m1/s1. The smallest absolute Gasteiger partial charge is 0.261 e. The van der Waals surface area contributed by atoms with Crippen molar-refractivity contribution in [1.29, 1.82) is 0 Å². The third-order valence-electron chi connectivity index (χ3n) is 4.12. The number of carbonyl (C=O) groups excluding carboxylic acids is 1. The van der Waals surface area contributed by atoms with Crippen molar-refractivity contribution < 1.29 is 4.79 Å². The van der Waals surface area contributed by atoms with Crippen LogP contribution < -0.4 is 5.01 Å². The summed E-state index contributed by atoms with van der Waals surface area (Å²) >= 11 is 0. The van der Waals surface area contributed by atoms with Gasteiger partial charge in [-0.1, -0.05) is 44.2 Å². The van der Waals surface area contributed by atoms with Crippen LogP contribution in [0, 0.1) is 5.92 Å². The average Bonchev–Trinajstić information content (AvgIpc) is 2.88. The van der Waals surface area contributed by atoms with E-state index in [1.54, 1.807) is 6.21 Å². The number of amides is 1. The zero-order valence-corrected chi connectivity index (χ0v) is 14.2. The molecule has 0 radical (unpaired) electrons. The number of hydrogen-bond acceptors (Lipinski definition) is 3. The first-order chi connectivity index (χ1) is 11.6. The summed E-state index contributed by atoms with van der Waals surface area (Å²) in [7, 11) is 0. The lowest BCUT2D eigenvalue weighted by molar-refractivity contribution is -0.118. The Labute approximate surface area is 142 Å². The summed E-state index contributed by atoms with van der Waals surface area (Å²) in [6.07, 6.45) is 1.69. The molecule has 0 fully saturated rings. The predicted octanol–water partition coefficient (Wildman–Crippen LogP) is 4.55. The van der Waals surface area contributed by atoms with Crippen LogP contribution in [0.4, 0.5) is 11.4 Å². The van der Waals surface area contributed by atoms with Crippen LogP contribution in [0.1, 0.15) is 32.3 Å². The molecule has 0 aliphatic carbocycles. The van der Waals surface area contributed by atoms with Gasteiger partial charge in [-0.05, 0) is 42.7 Å². The average molecular weight is 319 g/mol. The van der Waals surface area contributed by atoms with Gasteiger partial charge in [-0.2, -0.15) is 10.1 Å². The van der Waals surface area contributed by atoms with Crippen molar-refractivity contribution in [1.82, 2.24) is 0 Å². The summed E-state index contributed by atoms with van der Waals surface area (Å²) in [4.78, 5) is 17.1. The number of carbonyl (C=O) groups is 1. The van der Waals surface area contributed by atoms with Crippen molar-refractivity contribution in [3.05, 3.63) is 60.2 Å². The highest BCUT2D eigenvalue weighted by molar-refractivity contribution is 6.23. The molecular formula is C20H21N3O. The SMILES string of the molecule is CC1=NN(c2ccccc2)C(=O)[C@@H]1C=Nc1ccc(C(C)C)cc1. The van der Waals surface area contributed by atoms with E-state index in [0.29, 0.717) is 5.92 Å². The van der Waals surface area contributed by atoms with Crippen molar-refractivity contribution >= 4 is 29.2 Å². The molecule has 0 aromatic heterocycles. The Bertz CT molecular complexity index is 776. The minimum absolute atomic E-state index is 0.0683. The molecule has 1 amide bonds. The van der Waals surface area contributed by atoms with E-state index in [-0.39, 0.29) is 5.91 Å². The molecule has 3 rings (SSSR count). The van der Waals surface area contributed by atoms with Gasteiger partial charge in [-0.3, -0.25) is 9.79 Å². The van der Waals surface area contributed by atoms with Gasteiger partial charge in [0.15, 0.2) is 0 Å². The molecule has 0 bridgehead atoms. The molecule has 24 heavy (non-hydrogen) atoms. The Morgan fingerprint density at radius 1 is 1.08 bits per heavy atom. The molecule has 4 nitrogen and oxygen atoms in total. The maximum absolute atomic E-state index is 12.6. The van der Waals surface area contributed by atoms with Crippen molar-refractivity contribution in [2.45, 2.75) is 26.7 Å². The highest BCUT2D eigenvalue weighted by Gasteiger charge is 2.33. The molecule has 122 valence electrons. The van der Waals surface area contributed by atoms with Gasteiger partial charge in [-0.25, -0.2) is 0 Å². The lowest BCUT2D eigenvalue weighted by Crippen LogP contribution is -2.27. The van der Waals surface area contributed by atoms with E-state index < -0.39 is 5.92 Å². The van der Waals surface area contributed by atoms with Crippen LogP contribution in [0.25, 0.3) is 0 Å². The molecule has 1 atom stereocenters. The van der Waals surface area contributed by atoms with Crippen LogP contribution >= 0.6 is 0 Å². The highest BCUT2D eigenvalue weighted by atomic mass is 16.2. The van der Waals surface area contributed by atoms with E-state index in [2.05, 4.69) is 36.1 Å². The van der Waals surface area contributed by atoms with E-state index in [4.69, 9.17) is 0 Å². The summed E-state index contributed by atoms with van der Waals surface area (Å²) in [5, 5.41) is 5.83. The Balaban J connectivity index is 1.76. The van der Waals surface area contributed by atoms with E-state index in [9.17, 15) is 4.79 Å². The summed E-state index contributed by atoms with van der Waals surface area (Å²) in [6, 6.07) is 17.6. The van der Waals surface area contributed by atoms with Crippen LogP contribution in [0.3, 0.4) is 0 Å². The van der Waals surface area contributed by atoms with Crippen molar-refractivity contribution in [3.63, 3.8) is 0 Å². The normalized spacial score (nSPS) is 17.8. The molecule has 2 aromatic rings. The second-order valence-corrected chi connectivity index (χ2v) is 6.23. The van der Waals surface area contributed by atoms with Gasteiger partial charge in [0.1, 0.15) is 5.92 Å². The fraction of sp³-hybridized carbons (Fsp3) is 0.250. The van der Waals surface area contributed by atoms with Gasteiger partial charge in [0, 0.05) is 6.21 Å². The number of aliphatic imine (C=N–C) groups is 1. The minimum Gasteiger partial charge on any atom is -0.271 e. The monoisotopic (exact) mass is 319 g/mol. The summed E-state index contributed by atoms with van der Waals surface area (Å²) in [5.41, 5.74) is 3.66. The molecular weight excluding hydrogens is 298 g/mol. The van der Waals surface area contributed by atoms with E-state index >= 15 is 0 Å². The largest absolute Gasteiger partial charge is 0.271 e. The summed E-state index contributed by atoms with van der Waals surface area (Å²) in [5.74, 6) is 0.0180. The number of anilines is 1. The van der Waals surface area contributed by atoms with Crippen molar-refractivity contribution in [2.24, 2.45) is 16.0 Å². The highest BCUT2D eigenvalue weighted by Crippen LogP contribution is 2.24. The molecule has 1 heterocycles. The maximum Gasteiger partial charge on any atom is 0.261 e. The van der Waals surface area contributed by atoms with Gasteiger partial charge in [0.05, 0.1) is 17.1 Å². The topological polar surface area (TPSA) is 45.0 Å². The zero-order chi connectivity index (χ0) is 17.1. The van der Waals surface area contributed by atoms with Gasteiger partial charge in [0.25, 0.3) is 5.91 Å². The fourth-order valence-corrected chi connectivity index (χ4v) is 2.61. The van der Waals surface area contributed by atoms with Gasteiger partial charge < -0.3 is 0 Å². The molecule has 0 unspecified atom stereocenters. The summed E-state index contributed by atoms with van der Waals surface area (Å²) < 4.78 is 0. The van der Waals surface area contributed by atoms with Gasteiger partial charge in [-0.15, -0.1) is 0 Å². The second-order valence-electron chi connectivity index (χ2n) is 6.23. The molecule has 2 aromatic carbocycles. The Kier molecular flexibility index (Phi) is 4.56. The predicted molar refractivity (Wildman–Crippen MR) is 99.2 cm³/mol. The molecule has 0 saturated heterocycles. The van der Waals surface area contributed by atoms with Crippen LogP contribution in [-0.2, 0) is 4.79 Å². The zero-order valence-electron chi connectivity index (χ0n) is 14.2. The third-order valence-corrected chi connectivity index (χ3v) is 4.12. The van der Waals surface area contributed by atoms with Crippen LogP contribution in [-0.4, -0.2) is 17.8 Å². The molecule has 0 spiro atoms. The molecule has 4 heteroatoms. The quantitative estimate of drug-likeness (QED) is 0.762. The molecule has 0 saturated carbocycles. The lowest BCUT2D eigenvalue weighted by atomic mass is 10.0. The second kappa shape index (κ2) is 6.79. The van der Waals surface area contributed by atoms with E-state index in [1.807, 2.05) is 49.4 Å². The number of nitrogens with zero attached hydrogens (tertiary/aromatic N) is 3. The molecule has 1 aliphatic heterocycles. The first-order valence-corrected chi connectivity index (χ1v) is 8.14. The number of hydrazone groups is 1. The van der Waals surface area contributed by atoms with Gasteiger partial charge >= 0.3 is 0 Å². The third kappa shape index (κ3) is 3.27. The van der Waals surface area contributed by atoms with Crippen molar-refractivity contribution in [3.8, 4) is 0 Å². The van der Waals surface area contributed by atoms with Crippen LogP contribution in [0.2, 0.25) is 0 Å². The Morgan fingerprint density at radius 3 is 2.38 bits per heavy atom. The van der Waals surface area contributed by atoms with Crippen molar-refractivity contribution in [2.75, 3.05) is 5.01 Å². The van der Waals surface area contributed by atoms with Gasteiger partial charge in [0.2, 0.25) is 0 Å². The van der Waals surface area contributed by atoms with Crippen LogP contribution in [0.5, 0.6) is 0 Å². The lowest BCUT2D eigenvalue weighted by Gasteiger charge is -2.12. The maximum atomic E-state index is 12.6. The Hall–Kier alpha value is -2.75. The minimum atomic E-state index is -0.407. The number of para-hydroxylation sites is 1. The number of rotatable bonds is 4. The summed E-state index contributed by atoms with van der Waals surface area (Å²) in [6.45, 7) is 6.18. The number of benzene rings is 2. The first-order valence-electron chi connectivity index (χ1n) is 8.14. The van der Waals surface area contributed by atoms with E-state index in [1.165, 1.54) is 10.6 Å². The fourth-order valence-electron chi connectivity index (χ4n) is 2.61.